The van der Waals surface area contributed by atoms with Gasteiger partial charge in [0.1, 0.15) is 11.4 Å². The SMILES string of the molecule is CN1c2ccc(C#CCc3ccncc3)cc2C(=O)/C(=C/c2ccccc2)[S+]1[O-]. The van der Waals surface area contributed by atoms with Gasteiger partial charge in [-0.1, -0.05) is 42.2 Å². The number of ketones is 1. The first-order valence-corrected chi connectivity index (χ1v) is 10.2. The van der Waals surface area contributed by atoms with Gasteiger partial charge in [0, 0.05) is 30.5 Å². The fourth-order valence-corrected chi connectivity index (χ4v) is 4.22. The lowest BCUT2D eigenvalue weighted by atomic mass is 10.0. The number of anilines is 1. The van der Waals surface area contributed by atoms with Gasteiger partial charge in [0.2, 0.25) is 10.7 Å². The Morgan fingerprint density at radius 1 is 1.10 bits per heavy atom. The van der Waals surface area contributed by atoms with Crippen molar-refractivity contribution in [1.82, 2.24) is 4.98 Å². The second kappa shape index (κ2) is 8.36. The summed E-state index contributed by atoms with van der Waals surface area (Å²) in [5, 5.41) is 0. The first kappa shape index (κ1) is 19.0. The topological polar surface area (TPSA) is 56.3 Å². The summed E-state index contributed by atoms with van der Waals surface area (Å²) in [6, 6.07) is 18.7. The molecule has 1 aliphatic rings. The molecule has 1 aliphatic heterocycles. The van der Waals surface area contributed by atoms with Crippen LogP contribution < -0.4 is 4.31 Å². The number of benzene rings is 2. The fraction of sp³-hybridized carbons (Fsp3) is 0.0833. The molecular weight excluding hydrogens is 380 g/mol. The van der Waals surface area contributed by atoms with Crippen LogP contribution in [0.3, 0.4) is 0 Å². The van der Waals surface area contributed by atoms with Crippen molar-refractivity contribution in [2.75, 3.05) is 11.4 Å². The Hall–Kier alpha value is -3.33. The van der Waals surface area contributed by atoms with E-state index in [2.05, 4.69) is 16.8 Å². The normalized spacial score (nSPS) is 16.9. The molecule has 2 aromatic carbocycles. The summed E-state index contributed by atoms with van der Waals surface area (Å²) < 4.78 is 14.5. The number of Topliss-reactive ketones (excluding diaryl/α,β-unsaturated/α-hetero) is 1. The average Bonchev–Trinajstić information content (AvgIpc) is 2.76. The summed E-state index contributed by atoms with van der Waals surface area (Å²) in [4.78, 5) is 17.4. The van der Waals surface area contributed by atoms with Crippen molar-refractivity contribution in [1.29, 1.82) is 0 Å². The van der Waals surface area contributed by atoms with Crippen LogP contribution in [0.2, 0.25) is 0 Å². The highest BCUT2D eigenvalue weighted by Crippen LogP contribution is 2.35. The van der Waals surface area contributed by atoms with Crippen LogP contribution in [-0.2, 0) is 17.8 Å². The van der Waals surface area contributed by atoms with E-state index in [-0.39, 0.29) is 10.7 Å². The Morgan fingerprint density at radius 3 is 2.62 bits per heavy atom. The molecule has 1 aromatic heterocycles. The number of fused-ring (bicyclic) bond motifs is 1. The summed E-state index contributed by atoms with van der Waals surface area (Å²) in [7, 11) is 1.73. The highest BCUT2D eigenvalue weighted by molar-refractivity contribution is 7.97. The minimum absolute atomic E-state index is 0.224. The van der Waals surface area contributed by atoms with Crippen LogP contribution in [-0.4, -0.2) is 22.4 Å². The van der Waals surface area contributed by atoms with Crippen LogP contribution in [0.1, 0.15) is 27.0 Å². The van der Waals surface area contributed by atoms with E-state index in [0.29, 0.717) is 17.7 Å². The lowest BCUT2D eigenvalue weighted by Gasteiger charge is -2.29. The molecule has 3 aromatic rings. The molecule has 4 nitrogen and oxygen atoms in total. The first-order chi connectivity index (χ1) is 14.1. The number of carbonyl (C=O) groups is 1. The second-order valence-electron chi connectivity index (χ2n) is 6.56. The van der Waals surface area contributed by atoms with Crippen LogP contribution in [0.4, 0.5) is 5.69 Å². The van der Waals surface area contributed by atoms with E-state index in [1.165, 1.54) is 0 Å². The van der Waals surface area contributed by atoms with E-state index in [0.717, 1.165) is 16.7 Å². The Bertz CT molecular complexity index is 1130. The van der Waals surface area contributed by atoms with E-state index in [1.807, 2.05) is 48.5 Å². The molecule has 0 N–H and O–H groups in total. The quantitative estimate of drug-likeness (QED) is 0.372. The molecule has 5 heteroatoms. The number of allylic oxidation sites excluding steroid dienone is 1. The van der Waals surface area contributed by atoms with E-state index in [4.69, 9.17) is 0 Å². The number of carbonyl (C=O) groups excluding carboxylic acids is 1. The van der Waals surface area contributed by atoms with Crippen molar-refractivity contribution in [2.24, 2.45) is 0 Å². The molecule has 0 amide bonds. The van der Waals surface area contributed by atoms with Gasteiger partial charge in [0.25, 0.3) is 0 Å². The number of hydrogen-bond donors (Lipinski definition) is 0. The van der Waals surface area contributed by atoms with Crippen molar-refractivity contribution in [3.05, 3.63) is 100 Å². The molecule has 0 radical (unpaired) electrons. The summed E-state index contributed by atoms with van der Waals surface area (Å²) >= 11 is -1.55. The van der Waals surface area contributed by atoms with Gasteiger partial charge in [-0.3, -0.25) is 9.78 Å². The maximum Gasteiger partial charge on any atom is 0.245 e. The fourth-order valence-electron chi connectivity index (χ4n) is 3.08. The average molecular weight is 398 g/mol. The van der Waals surface area contributed by atoms with Crippen LogP contribution in [0.5, 0.6) is 0 Å². The zero-order chi connectivity index (χ0) is 20.2. The molecule has 29 heavy (non-hydrogen) atoms. The van der Waals surface area contributed by atoms with Gasteiger partial charge in [0.15, 0.2) is 0 Å². The molecule has 2 heterocycles. The van der Waals surface area contributed by atoms with Gasteiger partial charge < -0.3 is 4.55 Å². The first-order valence-electron chi connectivity index (χ1n) is 9.12. The predicted molar refractivity (Wildman–Crippen MR) is 117 cm³/mol. The van der Waals surface area contributed by atoms with Crippen molar-refractivity contribution in [3.8, 4) is 11.8 Å². The van der Waals surface area contributed by atoms with Crippen molar-refractivity contribution < 1.29 is 9.35 Å². The third kappa shape index (κ3) is 4.09. The lowest BCUT2D eigenvalue weighted by molar-refractivity contribution is 0.104. The van der Waals surface area contributed by atoms with Gasteiger partial charge >= 0.3 is 0 Å². The number of nitrogens with zero attached hydrogens (tertiary/aromatic N) is 2. The van der Waals surface area contributed by atoms with Gasteiger partial charge in [-0.25, -0.2) is 0 Å². The van der Waals surface area contributed by atoms with E-state index >= 15 is 0 Å². The molecule has 0 saturated heterocycles. The monoisotopic (exact) mass is 398 g/mol. The smallest absolute Gasteiger partial charge is 0.245 e. The lowest BCUT2D eigenvalue weighted by Crippen LogP contribution is -2.36. The predicted octanol–water partition coefficient (Wildman–Crippen LogP) is 4.01. The highest BCUT2D eigenvalue weighted by Gasteiger charge is 2.38. The maximum atomic E-state index is 13.1. The van der Waals surface area contributed by atoms with Crippen molar-refractivity contribution in [3.63, 3.8) is 0 Å². The highest BCUT2D eigenvalue weighted by atomic mass is 32.2. The summed E-state index contributed by atoms with van der Waals surface area (Å²) in [5.74, 6) is 6.03. The molecular formula is C24H18N2O2S. The minimum atomic E-state index is -1.55. The number of pyridine rings is 1. The van der Waals surface area contributed by atoms with Crippen molar-refractivity contribution in [2.45, 2.75) is 6.42 Å². The molecule has 1 atom stereocenters. The molecule has 0 bridgehead atoms. The van der Waals surface area contributed by atoms with E-state index < -0.39 is 11.4 Å². The zero-order valence-corrected chi connectivity index (χ0v) is 16.6. The minimum Gasteiger partial charge on any atom is -0.588 e. The molecule has 0 spiro atoms. The molecule has 142 valence electrons. The van der Waals surface area contributed by atoms with E-state index in [1.54, 1.807) is 42.0 Å². The molecule has 0 saturated carbocycles. The molecule has 4 rings (SSSR count). The Balaban J connectivity index is 1.65. The Kier molecular flexibility index (Phi) is 5.48. The maximum absolute atomic E-state index is 13.1. The third-order valence-electron chi connectivity index (χ3n) is 4.61. The molecule has 1 unspecified atom stereocenters. The van der Waals surface area contributed by atoms with Crippen LogP contribution in [0.15, 0.2) is 78.0 Å². The largest absolute Gasteiger partial charge is 0.588 e. The summed E-state index contributed by atoms with van der Waals surface area (Å²) in [5.41, 5.74) is 3.86. The van der Waals surface area contributed by atoms with Crippen molar-refractivity contribution >= 4 is 28.9 Å². The van der Waals surface area contributed by atoms with Crippen LogP contribution >= 0.6 is 0 Å². The van der Waals surface area contributed by atoms with Gasteiger partial charge in [-0.15, -0.1) is 0 Å². The Morgan fingerprint density at radius 2 is 1.86 bits per heavy atom. The summed E-state index contributed by atoms with van der Waals surface area (Å²) in [6.07, 6.45) is 5.78. The molecule has 0 aliphatic carbocycles. The third-order valence-corrected chi connectivity index (χ3v) is 5.99. The molecule has 0 fully saturated rings. The van der Waals surface area contributed by atoms with Gasteiger partial charge in [0.05, 0.1) is 18.3 Å². The Labute approximate surface area is 173 Å². The van der Waals surface area contributed by atoms with Crippen LogP contribution in [0.25, 0.3) is 6.08 Å². The zero-order valence-electron chi connectivity index (χ0n) is 15.8. The van der Waals surface area contributed by atoms with E-state index in [9.17, 15) is 9.35 Å². The second-order valence-corrected chi connectivity index (χ2v) is 8.05. The number of rotatable bonds is 2. The summed E-state index contributed by atoms with van der Waals surface area (Å²) in [6.45, 7) is 0. The van der Waals surface area contributed by atoms with Crippen LogP contribution in [0, 0.1) is 11.8 Å². The van der Waals surface area contributed by atoms with Gasteiger partial charge in [-0.2, -0.15) is 4.31 Å². The standard InChI is InChI=1S/C24H18N2O2S/c1-26-22-11-10-20(9-5-8-18-12-14-25-15-13-18)16-21(22)24(27)23(29(26)28)17-19-6-3-2-4-7-19/h2-4,6-7,10-17H,8H2,1H3/b23-17-. The number of aromatic nitrogens is 1. The number of hydrogen-bond acceptors (Lipinski definition) is 4. The van der Waals surface area contributed by atoms with Gasteiger partial charge in [-0.05, 0) is 41.5 Å².